The molecule has 0 bridgehead atoms. The molecule has 23 heavy (non-hydrogen) atoms. The first-order chi connectivity index (χ1) is 11.0. The molecule has 1 aliphatic heterocycles. The van der Waals surface area contributed by atoms with Crippen molar-refractivity contribution in [1.82, 2.24) is 15.5 Å². The minimum absolute atomic E-state index is 0.0470. The lowest BCUT2D eigenvalue weighted by molar-refractivity contribution is -0.128. The molecule has 1 heterocycles. The van der Waals surface area contributed by atoms with Gasteiger partial charge >= 0.3 is 0 Å². The van der Waals surface area contributed by atoms with E-state index in [1.807, 2.05) is 6.92 Å². The van der Waals surface area contributed by atoms with Crippen LogP contribution in [0, 0.1) is 11.7 Å². The number of piperidine rings is 1. The Morgan fingerprint density at radius 3 is 2.43 bits per heavy atom. The number of nitrogens with zero attached hydrogens (tertiary/aromatic N) is 1. The summed E-state index contributed by atoms with van der Waals surface area (Å²) in [6.45, 7) is 3.74. The van der Waals surface area contributed by atoms with Gasteiger partial charge < -0.3 is 10.6 Å². The van der Waals surface area contributed by atoms with E-state index in [0.29, 0.717) is 6.54 Å². The van der Waals surface area contributed by atoms with Gasteiger partial charge in [0.25, 0.3) is 0 Å². The van der Waals surface area contributed by atoms with Crippen LogP contribution in [0.3, 0.4) is 0 Å². The summed E-state index contributed by atoms with van der Waals surface area (Å²) < 4.78 is 12.8. The molecular weight excluding hydrogens is 297 g/mol. The number of carbonyl (C=O) groups is 2. The van der Waals surface area contributed by atoms with E-state index >= 15 is 0 Å². The summed E-state index contributed by atoms with van der Waals surface area (Å²) in [6.07, 6.45) is 1.55. The standard InChI is InChI=1S/C17H24FN3O2/c1-12(21-9-7-14(8-10-21)17(23)19-2)16(22)20-11-13-3-5-15(18)6-4-13/h3-6,12,14H,7-11H2,1-2H3,(H,19,23)(H,20,22). The number of halogens is 1. The summed E-state index contributed by atoms with van der Waals surface area (Å²) in [6, 6.07) is 5.86. The van der Waals surface area contributed by atoms with Crippen LogP contribution >= 0.6 is 0 Å². The van der Waals surface area contributed by atoms with Crippen molar-refractivity contribution in [2.24, 2.45) is 5.92 Å². The lowest BCUT2D eigenvalue weighted by Crippen LogP contribution is -2.49. The third-order valence-corrected chi connectivity index (χ3v) is 4.45. The monoisotopic (exact) mass is 321 g/mol. The van der Waals surface area contributed by atoms with E-state index in [9.17, 15) is 14.0 Å². The Hall–Kier alpha value is -1.95. The Bertz CT molecular complexity index is 539. The highest BCUT2D eigenvalue weighted by Gasteiger charge is 2.29. The molecule has 0 spiro atoms. The van der Waals surface area contributed by atoms with Crippen molar-refractivity contribution in [2.45, 2.75) is 32.4 Å². The Morgan fingerprint density at radius 2 is 1.87 bits per heavy atom. The number of amides is 2. The summed E-state index contributed by atoms with van der Waals surface area (Å²) >= 11 is 0. The van der Waals surface area contributed by atoms with Crippen molar-refractivity contribution in [2.75, 3.05) is 20.1 Å². The largest absolute Gasteiger partial charge is 0.359 e. The van der Waals surface area contributed by atoms with Crippen LogP contribution in [0.25, 0.3) is 0 Å². The first-order valence-electron chi connectivity index (χ1n) is 7.99. The number of benzene rings is 1. The molecule has 1 atom stereocenters. The summed E-state index contributed by atoms with van der Waals surface area (Å²) in [5, 5.41) is 5.56. The van der Waals surface area contributed by atoms with Crippen LogP contribution in [-0.2, 0) is 16.1 Å². The molecule has 1 aromatic carbocycles. The third-order valence-electron chi connectivity index (χ3n) is 4.45. The molecule has 2 N–H and O–H groups in total. The molecular formula is C17H24FN3O2. The third kappa shape index (κ3) is 4.76. The topological polar surface area (TPSA) is 61.4 Å². The summed E-state index contributed by atoms with van der Waals surface area (Å²) in [4.78, 5) is 26.0. The van der Waals surface area contributed by atoms with Gasteiger partial charge in [0.05, 0.1) is 6.04 Å². The minimum Gasteiger partial charge on any atom is -0.359 e. The van der Waals surface area contributed by atoms with Crippen LogP contribution in [0.2, 0.25) is 0 Å². The zero-order valence-corrected chi connectivity index (χ0v) is 13.6. The van der Waals surface area contributed by atoms with Crippen molar-refractivity contribution in [3.05, 3.63) is 35.6 Å². The molecule has 6 heteroatoms. The molecule has 1 aliphatic rings. The van der Waals surface area contributed by atoms with E-state index in [1.165, 1.54) is 12.1 Å². The highest BCUT2D eigenvalue weighted by molar-refractivity contribution is 5.81. The summed E-state index contributed by atoms with van der Waals surface area (Å²) in [5.74, 6) is -0.205. The van der Waals surface area contributed by atoms with Gasteiger partial charge in [-0.05, 0) is 50.6 Å². The predicted molar refractivity (Wildman–Crippen MR) is 86.1 cm³/mol. The van der Waals surface area contributed by atoms with Crippen LogP contribution in [0.15, 0.2) is 24.3 Å². The van der Waals surface area contributed by atoms with Gasteiger partial charge in [-0.1, -0.05) is 12.1 Å². The van der Waals surface area contributed by atoms with Gasteiger partial charge in [-0.3, -0.25) is 14.5 Å². The van der Waals surface area contributed by atoms with Gasteiger partial charge in [0.15, 0.2) is 0 Å². The SMILES string of the molecule is CNC(=O)C1CCN(C(C)C(=O)NCc2ccc(F)cc2)CC1. The number of rotatable bonds is 5. The first-order valence-corrected chi connectivity index (χ1v) is 7.99. The van der Waals surface area contributed by atoms with E-state index in [4.69, 9.17) is 0 Å². The minimum atomic E-state index is -0.285. The summed E-state index contributed by atoms with van der Waals surface area (Å²) in [7, 11) is 1.65. The molecule has 0 radical (unpaired) electrons. The molecule has 1 fully saturated rings. The Kier molecular flexibility index (Phi) is 6.10. The average molecular weight is 321 g/mol. The van der Waals surface area contributed by atoms with Gasteiger partial charge in [-0.15, -0.1) is 0 Å². The van der Waals surface area contributed by atoms with E-state index in [0.717, 1.165) is 31.5 Å². The quantitative estimate of drug-likeness (QED) is 0.859. The smallest absolute Gasteiger partial charge is 0.237 e. The van der Waals surface area contributed by atoms with Crippen molar-refractivity contribution in [1.29, 1.82) is 0 Å². The Balaban J connectivity index is 1.79. The van der Waals surface area contributed by atoms with Crippen molar-refractivity contribution in [3.8, 4) is 0 Å². The van der Waals surface area contributed by atoms with E-state index in [-0.39, 0.29) is 29.6 Å². The number of hydrogen-bond donors (Lipinski definition) is 2. The molecule has 1 unspecified atom stereocenters. The van der Waals surface area contributed by atoms with E-state index in [1.54, 1.807) is 19.2 Å². The number of nitrogens with one attached hydrogen (secondary N) is 2. The van der Waals surface area contributed by atoms with Gasteiger partial charge in [0, 0.05) is 19.5 Å². The van der Waals surface area contributed by atoms with E-state index in [2.05, 4.69) is 15.5 Å². The molecule has 0 aliphatic carbocycles. The zero-order valence-electron chi connectivity index (χ0n) is 13.6. The maximum absolute atomic E-state index is 12.8. The fourth-order valence-electron chi connectivity index (χ4n) is 2.86. The van der Waals surface area contributed by atoms with Crippen molar-refractivity contribution < 1.29 is 14.0 Å². The maximum atomic E-state index is 12.8. The van der Waals surface area contributed by atoms with Crippen LogP contribution in [0.4, 0.5) is 4.39 Å². The molecule has 0 saturated carbocycles. The second-order valence-electron chi connectivity index (χ2n) is 5.94. The fourth-order valence-corrected chi connectivity index (χ4v) is 2.86. The normalized spacial score (nSPS) is 17.5. The van der Waals surface area contributed by atoms with Gasteiger partial charge in [0.2, 0.25) is 11.8 Å². The molecule has 0 aromatic heterocycles. The highest BCUT2D eigenvalue weighted by atomic mass is 19.1. The first kappa shape index (κ1) is 17.4. The average Bonchev–Trinajstić information content (AvgIpc) is 2.59. The second-order valence-corrected chi connectivity index (χ2v) is 5.94. The molecule has 5 nitrogen and oxygen atoms in total. The number of hydrogen-bond acceptors (Lipinski definition) is 3. The van der Waals surface area contributed by atoms with Crippen LogP contribution in [0.1, 0.15) is 25.3 Å². The van der Waals surface area contributed by atoms with Crippen molar-refractivity contribution >= 4 is 11.8 Å². The molecule has 1 saturated heterocycles. The number of likely N-dealkylation sites (tertiary alicyclic amines) is 1. The van der Waals surface area contributed by atoms with E-state index < -0.39 is 0 Å². The van der Waals surface area contributed by atoms with Gasteiger partial charge in [0.1, 0.15) is 5.82 Å². The molecule has 1 aromatic rings. The van der Waals surface area contributed by atoms with Crippen LogP contribution in [-0.4, -0.2) is 42.9 Å². The molecule has 2 rings (SSSR count). The predicted octanol–water partition coefficient (Wildman–Crippen LogP) is 1.29. The Morgan fingerprint density at radius 1 is 1.26 bits per heavy atom. The van der Waals surface area contributed by atoms with Crippen LogP contribution < -0.4 is 10.6 Å². The Labute approximate surface area is 136 Å². The summed E-state index contributed by atoms with van der Waals surface area (Å²) in [5.41, 5.74) is 0.866. The maximum Gasteiger partial charge on any atom is 0.237 e. The van der Waals surface area contributed by atoms with Gasteiger partial charge in [-0.25, -0.2) is 4.39 Å². The highest BCUT2D eigenvalue weighted by Crippen LogP contribution is 2.19. The lowest BCUT2D eigenvalue weighted by atomic mass is 9.95. The number of carbonyl (C=O) groups excluding carboxylic acids is 2. The molecule has 126 valence electrons. The molecule has 2 amide bonds. The zero-order chi connectivity index (χ0) is 16.8. The second kappa shape index (κ2) is 8.06. The van der Waals surface area contributed by atoms with Crippen LogP contribution in [0.5, 0.6) is 0 Å². The lowest BCUT2D eigenvalue weighted by Gasteiger charge is -2.34. The fraction of sp³-hybridized carbons (Fsp3) is 0.529. The van der Waals surface area contributed by atoms with Crippen molar-refractivity contribution in [3.63, 3.8) is 0 Å². The van der Waals surface area contributed by atoms with Gasteiger partial charge in [-0.2, -0.15) is 0 Å².